The predicted octanol–water partition coefficient (Wildman–Crippen LogP) is -1.02. The minimum Gasteiger partial charge on any atom is -0.396 e. The summed E-state index contributed by atoms with van der Waals surface area (Å²) < 4.78 is 1.76. The average molecular weight is 2410 g/mol. The summed E-state index contributed by atoms with van der Waals surface area (Å²) in [6, 6.07) is -0.929. The third-order valence-corrected chi connectivity index (χ3v) is 22.7. The Kier molecular flexibility index (Phi) is 45.9. The number of hydrogen-bond acceptors (Lipinski definition) is 27. The lowest BCUT2D eigenvalue weighted by Crippen LogP contribution is -2.45. The molecular weight excluding hydrogens is 2340 g/mol. The van der Waals surface area contributed by atoms with Crippen LogP contribution in [-0.4, -0.2) is 268 Å². The first-order valence-corrected chi connectivity index (χ1v) is 38.3. The molecule has 6 atom stereocenters. The van der Waals surface area contributed by atoms with Gasteiger partial charge in [-0.1, -0.05) is 0 Å². The molecule has 0 aliphatic heterocycles. The van der Waals surface area contributed by atoms with E-state index in [2.05, 4.69) is 21.3 Å². The Balaban J connectivity index is 0.000000744. The molecule has 3 rings (SSSR count). The number of rotatable bonds is 34. The molecule has 554 valence electrons. The lowest BCUT2D eigenvalue weighted by molar-refractivity contribution is -0.133. The van der Waals surface area contributed by atoms with Crippen LogP contribution < -0.4 is 31.1 Å². The molecule has 8 amide bonds. The summed E-state index contributed by atoms with van der Waals surface area (Å²) in [6.45, 7) is -3.05. The number of nitrogens with one attached hydrogen (secondary N) is 4. The molecule has 42 heteroatoms. The van der Waals surface area contributed by atoms with Gasteiger partial charge in [-0.15, -0.1) is 0 Å². The SMILES string of the molecule is CC(=O)N(C(=O)C(O)CO)c1c(I)c(C(=O)CCC(O)CO)c(I)c(C(=O)NCC(O)CO)c1I.CC(=O)N(C(=O)C(O)CO)c1c(I)c(C(=O)CCCO)c(I)c(C(=O)NCC(O)CO)c1I.CC(O)C(=O)Nc1c(I)c(C(=O)CC(CO)CO)c(I)c(C(=O)NC(CO)CO)c1I. The number of nitrogens with zero attached hydrogens (tertiary/aromatic N) is 2. The zero-order chi connectivity index (χ0) is 76.4. The Morgan fingerprint density at radius 3 is 1.10 bits per heavy atom. The number of hydrogen-bond donors (Lipinski definition) is 20. The summed E-state index contributed by atoms with van der Waals surface area (Å²) in [6.07, 6.45) is -9.28. The average Bonchev–Trinajstić information content (AvgIpc) is 0.768. The zero-order valence-electron chi connectivity index (χ0n) is 52.1. The number of aliphatic hydroxyl groups excluding tert-OH is 16. The van der Waals surface area contributed by atoms with Crippen LogP contribution in [0.2, 0.25) is 0 Å². The molecule has 3 aromatic carbocycles. The van der Waals surface area contributed by atoms with Crippen molar-refractivity contribution in [1.82, 2.24) is 16.0 Å². The smallest absolute Gasteiger partial charge is 0.265 e. The first kappa shape index (κ1) is 95.8. The van der Waals surface area contributed by atoms with E-state index >= 15 is 0 Å². The third kappa shape index (κ3) is 26.9. The van der Waals surface area contributed by atoms with Crippen LogP contribution in [0.1, 0.15) is 115 Å². The number of carbonyl (C=O) groups is 11. The molecule has 0 aliphatic carbocycles. The van der Waals surface area contributed by atoms with E-state index in [0.717, 1.165) is 13.8 Å². The van der Waals surface area contributed by atoms with Crippen LogP contribution in [0, 0.1) is 38.0 Å². The molecule has 0 heterocycles. The van der Waals surface area contributed by atoms with E-state index in [9.17, 15) is 114 Å². The largest absolute Gasteiger partial charge is 0.396 e. The van der Waals surface area contributed by atoms with Gasteiger partial charge in [-0.2, -0.15) is 0 Å². The Morgan fingerprint density at radius 1 is 0.414 bits per heavy atom. The molecule has 3 aromatic rings. The molecule has 0 fully saturated rings. The van der Waals surface area contributed by atoms with Crippen molar-refractivity contribution >= 4 is 285 Å². The molecule has 0 radical (unpaired) electrons. The molecule has 0 saturated carbocycles. The van der Waals surface area contributed by atoms with Crippen LogP contribution >= 0.6 is 203 Å². The Hall–Kier alpha value is -1.24. The van der Waals surface area contributed by atoms with Gasteiger partial charge in [0.2, 0.25) is 11.8 Å². The Morgan fingerprint density at radius 2 is 0.768 bits per heavy atom. The van der Waals surface area contributed by atoms with Crippen molar-refractivity contribution in [3.05, 3.63) is 65.5 Å². The van der Waals surface area contributed by atoms with E-state index in [1.807, 2.05) is 67.8 Å². The quantitative estimate of drug-likeness (QED) is 0.0251. The highest BCUT2D eigenvalue weighted by molar-refractivity contribution is 14.1. The van der Waals surface area contributed by atoms with Gasteiger partial charge >= 0.3 is 0 Å². The van der Waals surface area contributed by atoms with Crippen molar-refractivity contribution in [1.29, 1.82) is 0 Å². The van der Waals surface area contributed by atoms with E-state index in [0.29, 0.717) is 16.9 Å². The van der Waals surface area contributed by atoms with Gasteiger partial charge in [-0.05, 0) is 223 Å². The minimum absolute atomic E-state index is 0.0304. The molecule has 0 spiro atoms. The standard InChI is InChI=1S/C20H25I3N2O10.C19H23I3N2O9.C18H23I3N2O8/c1-8(29)25(20(35)12(33)7-28)18-16(22)13(11(32)3-2-9(30)5-26)15(21)14(17(18)23)19(34)24-4-10(31)6-27;1-8(28)24(19(33)11(31)7-27)17-15(21)12(10(30)3-2-4-25)14(20)13(16(17)22)18(32)23-5-9(29)6-26;1-7(28)17(30)23-16-14(20)11(10(29)2-8(3-24)4-25)13(19)12(15(16)21)18(31)22-9(5-26)6-27/h9-10,12,26-28,30-31,33H,2-7H2,1H3,(H,24,34);9,11,25-27,29,31H,2-7H2,1H3,(H,23,32);7-9,24-28H,2-6H2,1H3,(H,22,31)(H,23,30). The lowest BCUT2D eigenvalue weighted by atomic mass is 9.97. The van der Waals surface area contributed by atoms with Gasteiger partial charge in [0, 0.05) is 103 Å². The van der Waals surface area contributed by atoms with Crippen molar-refractivity contribution in [2.75, 3.05) is 94.3 Å². The Labute approximate surface area is 687 Å². The van der Waals surface area contributed by atoms with Gasteiger partial charge in [0.15, 0.2) is 29.6 Å². The number of anilines is 3. The topological polar surface area (TPSA) is 566 Å². The highest BCUT2D eigenvalue weighted by Crippen LogP contribution is 2.42. The van der Waals surface area contributed by atoms with Crippen LogP contribution in [0.5, 0.6) is 0 Å². The number of ketones is 3. The van der Waals surface area contributed by atoms with E-state index in [1.54, 1.807) is 136 Å². The second-order valence-corrected chi connectivity index (χ2v) is 30.3. The van der Waals surface area contributed by atoms with E-state index in [4.69, 9.17) is 20.4 Å². The molecule has 0 saturated heterocycles. The van der Waals surface area contributed by atoms with Gasteiger partial charge < -0.3 is 103 Å². The third-order valence-electron chi connectivity index (χ3n) is 13.1. The van der Waals surface area contributed by atoms with Gasteiger partial charge in [0.25, 0.3) is 35.4 Å². The van der Waals surface area contributed by atoms with Crippen LogP contribution in [-0.2, 0) is 24.0 Å². The van der Waals surface area contributed by atoms with Crippen molar-refractivity contribution in [3.63, 3.8) is 0 Å². The lowest BCUT2D eigenvalue weighted by Gasteiger charge is -2.27. The van der Waals surface area contributed by atoms with Gasteiger partial charge in [0.1, 0.15) is 6.10 Å². The van der Waals surface area contributed by atoms with E-state index in [-0.39, 0.29) is 127 Å². The number of imide groups is 2. The predicted molar refractivity (Wildman–Crippen MR) is 427 cm³/mol. The van der Waals surface area contributed by atoms with Crippen molar-refractivity contribution in [3.8, 4) is 0 Å². The number of halogens is 9. The van der Waals surface area contributed by atoms with Crippen molar-refractivity contribution in [2.45, 2.75) is 95.5 Å². The van der Waals surface area contributed by atoms with Gasteiger partial charge in [-0.25, -0.2) is 9.80 Å². The van der Waals surface area contributed by atoms with Crippen LogP contribution in [0.15, 0.2) is 0 Å². The maximum absolute atomic E-state index is 13.1. The Bertz CT molecular complexity index is 3310. The van der Waals surface area contributed by atoms with Crippen LogP contribution in [0.3, 0.4) is 0 Å². The molecule has 20 N–H and O–H groups in total. The number of aliphatic hydroxyl groups is 16. The summed E-state index contributed by atoms with van der Waals surface area (Å²) in [5.74, 6) is -9.06. The summed E-state index contributed by atoms with van der Waals surface area (Å²) in [7, 11) is 0. The molecule has 6 unspecified atom stereocenters. The van der Waals surface area contributed by atoms with E-state index in [1.165, 1.54) is 6.92 Å². The summed E-state index contributed by atoms with van der Waals surface area (Å²) in [5, 5.41) is 160. The molecule has 0 aromatic heterocycles. The molecule has 0 aliphatic rings. The normalized spacial score (nSPS) is 12.9. The van der Waals surface area contributed by atoms with Crippen molar-refractivity contribution < 1.29 is 134 Å². The molecule has 33 nitrogen and oxygen atoms in total. The van der Waals surface area contributed by atoms with Crippen LogP contribution in [0.25, 0.3) is 0 Å². The molecule has 0 bridgehead atoms. The highest BCUT2D eigenvalue weighted by atomic mass is 127. The van der Waals surface area contributed by atoms with Gasteiger partial charge in [-0.3, -0.25) is 52.7 Å². The fraction of sp³-hybridized carbons (Fsp3) is 0.491. The molecular formula is C57H71I9N6O27. The molecule has 99 heavy (non-hydrogen) atoms. The highest BCUT2D eigenvalue weighted by Gasteiger charge is 2.39. The van der Waals surface area contributed by atoms with E-state index < -0.39 is 173 Å². The maximum atomic E-state index is 13.1. The van der Waals surface area contributed by atoms with Crippen LogP contribution in [0.4, 0.5) is 17.1 Å². The number of Topliss-reactive ketones (excluding diaryl/α,β-unsaturated/α-hetero) is 3. The fourth-order valence-electron chi connectivity index (χ4n) is 7.89. The van der Waals surface area contributed by atoms with Crippen molar-refractivity contribution in [2.24, 2.45) is 5.92 Å². The number of carbonyl (C=O) groups excluding carboxylic acids is 11. The minimum atomic E-state index is -1.94. The second-order valence-electron chi connectivity index (χ2n) is 20.6. The second kappa shape index (κ2) is 47.4. The fourth-order valence-corrected chi connectivity index (χ4v) is 21.9. The zero-order valence-corrected chi connectivity index (χ0v) is 71.5. The summed E-state index contributed by atoms with van der Waals surface area (Å²) >= 11 is 16.0. The number of amides is 8. The summed E-state index contributed by atoms with van der Waals surface area (Å²) in [5.41, 5.74) is -0.0986. The first-order chi connectivity index (χ1) is 46.3. The monoisotopic (exact) mass is 2410 g/mol. The van der Waals surface area contributed by atoms with Gasteiger partial charge in [0.05, 0.1) is 122 Å². The maximum Gasteiger partial charge on any atom is 0.265 e. The first-order valence-electron chi connectivity index (χ1n) is 28.6. The summed E-state index contributed by atoms with van der Waals surface area (Å²) in [4.78, 5) is 142. The number of benzene rings is 3.